The number of aldehydes is 1. The van der Waals surface area contributed by atoms with Crippen molar-refractivity contribution in [2.24, 2.45) is 0 Å². The molecular formula is C28H17NO6. The van der Waals surface area contributed by atoms with Gasteiger partial charge in [-0.25, -0.2) is 4.79 Å². The average molecular weight is 463 g/mol. The van der Waals surface area contributed by atoms with Crippen LogP contribution in [-0.4, -0.2) is 22.3 Å². The van der Waals surface area contributed by atoms with Gasteiger partial charge in [0, 0.05) is 23.3 Å². The molecule has 0 heterocycles. The van der Waals surface area contributed by atoms with Gasteiger partial charge in [0.2, 0.25) is 0 Å². The van der Waals surface area contributed by atoms with E-state index in [0.29, 0.717) is 28.2 Å². The summed E-state index contributed by atoms with van der Waals surface area (Å²) in [6.07, 6.45) is 0.582. The lowest BCUT2D eigenvalue weighted by Gasteiger charge is -2.17. The summed E-state index contributed by atoms with van der Waals surface area (Å²) in [5.74, 6) is -0.759. The third kappa shape index (κ3) is 3.85. The Bertz CT molecular complexity index is 1640. The van der Waals surface area contributed by atoms with Crippen LogP contribution in [0.15, 0.2) is 91.0 Å². The van der Waals surface area contributed by atoms with Crippen LogP contribution in [0.2, 0.25) is 0 Å². The van der Waals surface area contributed by atoms with Crippen LogP contribution in [0.5, 0.6) is 11.5 Å². The van der Waals surface area contributed by atoms with Crippen LogP contribution < -0.4 is 4.74 Å². The number of fused-ring (bicyclic) bond motifs is 2. The van der Waals surface area contributed by atoms with Crippen molar-refractivity contribution in [2.75, 3.05) is 0 Å². The number of ether oxygens (including phenoxy) is 1. The second-order valence-electron chi connectivity index (χ2n) is 7.88. The Morgan fingerprint density at radius 2 is 1.46 bits per heavy atom. The molecule has 0 radical (unpaired) electrons. The second-order valence-corrected chi connectivity index (χ2v) is 7.88. The van der Waals surface area contributed by atoms with Gasteiger partial charge in [0.05, 0.1) is 16.1 Å². The summed E-state index contributed by atoms with van der Waals surface area (Å²) in [5.41, 5.74) is 0.920. The first-order chi connectivity index (χ1) is 17.0. The van der Waals surface area contributed by atoms with Gasteiger partial charge in [-0.3, -0.25) is 14.9 Å². The predicted molar refractivity (Wildman–Crippen MR) is 132 cm³/mol. The number of non-ortho nitro benzene ring substituents is 1. The number of rotatable bonds is 5. The Hall–Kier alpha value is -5.04. The summed E-state index contributed by atoms with van der Waals surface area (Å²) in [4.78, 5) is 35.1. The van der Waals surface area contributed by atoms with Crippen molar-refractivity contribution in [3.63, 3.8) is 0 Å². The molecule has 1 N–H and O–H groups in total. The Kier molecular flexibility index (Phi) is 5.43. The zero-order chi connectivity index (χ0) is 24.5. The van der Waals surface area contributed by atoms with Gasteiger partial charge in [-0.15, -0.1) is 0 Å². The van der Waals surface area contributed by atoms with E-state index in [1.807, 2.05) is 48.5 Å². The van der Waals surface area contributed by atoms with Gasteiger partial charge in [-0.05, 0) is 45.8 Å². The number of carbonyl (C=O) groups is 2. The van der Waals surface area contributed by atoms with E-state index in [1.165, 1.54) is 24.3 Å². The zero-order valence-electron chi connectivity index (χ0n) is 18.2. The maximum atomic E-state index is 13.0. The molecule has 0 bridgehead atoms. The molecule has 0 aliphatic heterocycles. The van der Waals surface area contributed by atoms with Crippen molar-refractivity contribution in [1.82, 2.24) is 0 Å². The number of hydrogen-bond acceptors (Lipinski definition) is 6. The number of phenolic OH excluding ortho intramolecular Hbond substituents is 1. The van der Waals surface area contributed by atoms with Gasteiger partial charge >= 0.3 is 5.97 Å². The molecule has 0 fully saturated rings. The molecule has 5 rings (SSSR count). The number of nitrogens with zero attached hydrogens (tertiary/aromatic N) is 1. The van der Waals surface area contributed by atoms with Crippen molar-refractivity contribution in [3.05, 3.63) is 112 Å². The molecule has 170 valence electrons. The number of aromatic hydroxyl groups is 1. The highest BCUT2D eigenvalue weighted by molar-refractivity contribution is 6.12. The number of phenols is 1. The van der Waals surface area contributed by atoms with Crippen molar-refractivity contribution in [3.8, 4) is 22.6 Å². The van der Waals surface area contributed by atoms with Crippen LogP contribution in [0.1, 0.15) is 20.7 Å². The summed E-state index contributed by atoms with van der Waals surface area (Å²) >= 11 is 0. The monoisotopic (exact) mass is 463 g/mol. The minimum Gasteiger partial charge on any atom is -0.507 e. The zero-order valence-corrected chi connectivity index (χ0v) is 18.2. The van der Waals surface area contributed by atoms with E-state index >= 15 is 0 Å². The van der Waals surface area contributed by atoms with Gasteiger partial charge in [0.25, 0.3) is 5.69 Å². The second kappa shape index (κ2) is 8.72. The van der Waals surface area contributed by atoms with Crippen LogP contribution in [-0.2, 0) is 0 Å². The first-order valence-corrected chi connectivity index (χ1v) is 10.7. The molecule has 5 aromatic carbocycles. The topological polar surface area (TPSA) is 107 Å². The molecule has 0 spiro atoms. The maximum absolute atomic E-state index is 13.0. The molecule has 0 aromatic heterocycles. The minimum atomic E-state index is -0.716. The molecule has 0 saturated heterocycles. The lowest BCUT2D eigenvalue weighted by atomic mass is 9.90. The number of hydrogen-bond donors (Lipinski definition) is 1. The van der Waals surface area contributed by atoms with Crippen molar-refractivity contribution in [2.45, 2.75) is 0 Å². The fourth-order valence-electron chi connectivity index (χ4n) is 4.17. The Labute approximate surface area is 199 Å². The van der Waals surface area contributed by atoms with Gasteiger partial charge in [-0.1, -0.05) is 54.6 Å². The average Bonchev–Trinajstić information content (AvgIpc) is 2.88. The SMILES string of the molecule is O=Cc1cc2ccccc2c(-c2c(OC(=O)c3ccc([N+](=O)[O-])cc3)ccc3ccccc23)c1O. The standard InChI is InChI=1S/C28H17NO6/c30-16-20-15-19-6-2-4-8-23(19)26(27(20)31)25-22-7-3-1-5-17(22)11-14-24(25)35-28(32)18-9-12-21(13-10-18)29(33)34/h1-16,31H. The Morgan fingerprint density at radius 1 is 0.829 bits per heavy atom. The largest absolute Gasteiger partial charge is 0.507 e. The highest BCUT2D eigenvalue weighted by atomic mass is 16.6. The molecule has 0 amide bonds. The van der Waals surface area contributed by atoms with E-state index in [2.05, 4.69) is 0 Å². The highest BCUT2D eigenvalue weighted by Gasteiger charge is 2.22. The van der Waals surface area contributed by atoms with E-state index in [9.17, 15) is 24.8 Å². The van der Waals surface area contributed by atoms with E-state index in [0.717, 1.165) is 10.8 Å². The molecule has 5 aromatic rings. The molecular weight excluding hydrogens is 446 g/mol. The van der Waals surface area contributed by atoms with Crippen LogP contribution in [0.3, 0.4) is 0 Å². The maximum Gasteiger partial charge on any atom is 0.343 e. The number of nitro groups is 1. The van der Waals surface area contributed by atoms with E-state index in [4.69, 9.17) is 4.74 Å². The van der Waals surface area contributed by atoms with Crippen molar-refractivity contribution < 1.29 is 24.4 Å². The van der Waals surface area contributed by atoms with Gasteiger partial charge in [0.15, 0.2) is 6.29 Å². The smallest absolute Gasteiger partial charge is 0.343 e. The summed E-state index contributed by atoms with van der Waals surface area (Å²) in [7, 11) is 0. The molecule has 35 heavy (non-hydrogen) atoms. The third-order valence-corrected chi connectivity index (χ3v) is 5.84. The van der Waals surface area contributed by atoms with Crippen molar-refractivity contribution in [1.29, 1.82) is 0 Å². The highest BCUT2D eigenvalue weighted by Crippen LogP contribution is 2.46. The first kappa shape index (κ1) is 21.8. The van der Waals surface area contributed by atoms with Gasteiger partial charge in [0.1, 0.15) is 11.5 Å². The van der Waals surface area contributed by atoms with Gasteiger partial charge in [-0.2, -0.15) is 0 Å². The number of esters is 1. The van der Waals surface area contributed by atoms with Crippen LogP contribution in [0.4, 0.5) is 5.69 Å². The molecule has 7 heteroatoms. The van der Waals surface area contributed by atoms with Crippen LogP contribution in [0, 0.1) is 10.1 Å². The first-order valence-electron chi connectivity index (χ1n) is 10.7. The summed E-state index contributed by atoms with van der Waals surface area (Å²) < 4.78 is 5.76. The van der Waals surface area contributed by atoms with E-state index < -0.39 is 10.9 Å². The number of nitro benzene ring substituents is 1. The molecule has 0 atom stereocenters. The molecule has 0 aliphatic carbocycles. The number of carbonyl (C=O) groups excluding carboxylic acids is 2. The minimum absolute atomic E-state index is 0.110. The number of benzene rings is 5. The predicted octanol–water partition coefficient (Wildman–Crippen LogP) is 6.31. The van der Waals surface area contributed by atoms with E-state index in [1.54, 1.807) is 18.2 Å². The molecule has 0 unspecified atom stereocenters. The summed E-state index contributed by atoms with van der Waals surface area (Å²) in [6, 6.07) is 24.9. The van der Waals surface area contributed by atoms with Crippen molar-refractivity contribution >= 4 is 39.5 Å². The molecule has 7 nitrogen and oxygen atoms in total. The van der Waals surface area contributed by atoms with Crippen LogP contribution in [0.25, 0.3) is 32.7 Å². The lowest BCUT2D eigenvalue weighted by molar-refractivity contribution is -0.384. The lowest BCUT2D eigenvalue weighted by Crippen LogP contribution is -2.09. The Balaban J connectivity index is 1.74. The summed E-state index contributed by atoms with van der Waals surface area (Å²) in [5, 5.41) is 25.0. The van der Waals surface area contributed by atoms with Crippen LogP contribution >= 0.6 is 0 Å². The normalized spacial score (nSPS) is 10.9. The van der Waals surface area contributed by atoms with Gasteiger partial charge < -0.3 is 9.84 Å². The summed E-state index contributed by atoms with van der Waals surface area (Å²) in [6.45, 7) is 0. The fourth-order valence-corrected chi connectivity index (χ4v) is 4.17. The molecule has 0 saturated carbocycles. The third-order valence-electron chi connectivity index (χ3n) is 5.84. The van der Waals surface area contributed by atoms with E-state index in [-0.39, 0.29) is 28.3 Å². The fraction of sp³-hybridized carbons (Fsp3) is 0. The Morgan fingerprint density at radius 3 is 2.11 bits per heavy atom. The molecule has 0 aliphatic rings. The quantitative estimate of drug-likeness (QED) is 0.108.